The van der Waals surface area contributed by atoms with E-state index in [0.717, 1.165) is 73.8 Å². The maximum absolute atomic E-state index is 12.1. The Morgan fingerprint density at radius 2 is 0.731 bits per heavy atom. The van der Waals surface area contributed by atoms with Crippen LogP contribution in [0.2, 0.25) is 0 Å². The molecule has 10 rings (SSSR count). The number of alkyl halides is 6. The van der Waals surface area contributed by atoms with Crippen LogP contribution in [0.3, 0.4) is 0 Å². The maximum atomic E-state index is 12.1. The molecule has 0 N–H and O–H groups in total. The molecule has 4 heterocycles. The molecule has 2 unspecified atom stereocenters. The number of nitrogens with zero attached hydrogens (tertiary/aromatic N) is 1. The molecule has 0 bridgehead atoms. The van der Waals surface area contributed by atoms with Crippen molar-refractivity contribution in [3.63, 3.8) is 0 Å². The minimum Gasteiger partial charge on any atom is -1.00 e. The largest absolute Gasteiger partial charge is 2.00 e. The van der Waals surface area contributed by atoms with Crippen LogP contribution in [-0.2, 0) is 28.6 Å². The quantitative estimate of drug-likeness (QED) is 0.0983. The summed E-state index contributed by atoms with van der Waals surface area (Å²) in [4.78, 5) is 2.53. The molecule has 25 heteroatoms. The molecule has 0 aliphatic carbocycles. The van der Waals surface area contributed by atoms with Crippen LogP contribution in [-0.4, -0.2) is 28.0 Å². The molecule has 0 saturated heterocycles. The summed E-state index contributed by atoms with van der Waals surface area (Å²) in [5, 5.41) is 3.86. The van der Waals surface area contributed by atoms with Crippen LogP contribution in [0.1, 0.15) is 93.3 Å². The smallest absolute Gasteiger partial charge is 1.00 e. The van der Waals surface area contributed by atoms with Gasteiger partial charge in [-0.3, -0.25) is 0 Å². The van der Waals surface area contributed by atoms with Crippen LogP contribution in [0.5, 0.6) is 34.5 Å². The van der Waals surface area contributed by atoms with Crippen LogP contribution in [0.25, 0.3) is 0 Å². The fourth-order valence-corrected chi connectivity index (χ4v) is 12.0. The van der Waals surface area contributed by atoms with Gasteiger partial charge in [-0.25, -0.2) is 4.98 Å². The Labute approximate surface area is 657 Å². The van der Waals surface area contributed by atoms with Crippen LogP contribution < -0.4 is 52.4 Å². The van der Waals surface area contributed by atoms with Gasteiger partial charge in [-0.15, -0.1) is 18.5 Å². The van der Waals surface area contributed by atoms with E-state index < -0.39 is 37.0 Å². The number of pyridine rings is 1. The zero-order valence-electron chi connectivity index (χ0n) is 43.1. The van der Waals surface area contributed by atoms with Gasteiger partial charge in [0.2, 0.25) is 0 Å². The second-order valence-electron chi connectivity index (χ2n) is 18.3. The van der Waals surface area contributed by atoms with Gasteiger partial charge < -0.3 is 32.6 Å². The number of halogens is 11. The molecule has 2 atom stereocenters. The Morgan fingerprint density at radius 3 is 1.06 bits per heavy atom. The van der Waals surface area contributed by atoms with E-state index in [1.807, 2.05) is 60.7 Å². The third kappa shape index (κ3) is 19.0. The minimum absolute atomic E-state index is 0. The standard InChI is InChI=1S/C15H12Cl4OP2.C15H16OP2.C15H14O.C8H5F6N.5Ar.BrH.Mg.H/c1-15(2)9-5-3-7-11(21(16)17)13(9)20-14-10(15)6-4-8-12(14)22(18)19;1-15(2)9-5-3-7-11(17)13(9)16-14-10(15)6-4-8-12(14)18;1-15(2)11-7-3-5-9-13(11)16-14-10-6-4-8-12(14)15;1-4-2-5(7(9,10)11)15-6(3-4)8(12,13)14;;;;;;;;/h3-8H,1-2H3;3-8H,17-18H2,1-2H3;3-10H,1-2H3;2-3H,1H3;;;;;;1H;;/q;;;;;;;;;;+2;-1/p-1. The van der Waals surface area contributed by atoms with Gasteiger partial charge in [-0.2, -0.15) is 26.3 Å². The summed E-state index contributed by atoms with van der Waals surface area (Å²) in [5.41, 5.74) is 3.70. The number of benzene rings is 6. The Kier molecular flexibility index (Phi) is 35.9. The first-order valence-electron chi connectivity index (χ1n) is 21.8. The first-order valence-corrected chi connectivity index (χ1v) is 29.3. The van der Waals surface area contributed by atoms with Gasteiger partial charge in [-0.05, 0) is 48.9 Å². The van der Waals surface area contributed by atoms with Crippen molar-refractivity contribution in [2.75, 3.05) is 0 Å². The minimum atomic E-state index is -4.87. The Morgan fingerprint density at radius 1 is 0.449 bits per heavy atom. The first-order chi connectivity index (χ1) is 33.1. The molecule has 0 fully saturated rings. The van der Waals surface area contributed by atoms with Gasteiger partial charge in [0.25, 0.3) is 0 Å². The first kappa shape index (κ1) is 81.9. The summed E-state index contributed by atoms with van der Waals surface area (Å²) in [6.07, 6.45) is -9.74. The van der Waals surface area contributed by atoms with Crippen molar-refractivity contribution in [3.8, 4) is 34.5 Å². The Balaban J connectivity index is 0. The number of para-hydroxylation sites is 6. The summed E-state index contributed by atoms with van der Waals surface area (Å²) in [6.45, 7) is 11.8. The van der Waals surface area contributed by atoms with Crippen molar-refractivity contribution in [2.24, 2.45) is 0 Å². The molecule has 3 aliphatic rings. The molecule has 6 aromatic carbocycles. The molecule has 0 spiro atoms. The van der Waals surface area contributed by atoms with E-state index in [2.05, 4.69) is 126 Å². The average Bonchev–Trinajstić information content (AvgIpc) is 3.29. The van der Waals surface area contributed by atoms with Gasteiger partial charge in [-0.1, -0.05) is 184 Å². The fourth-order valence-electron chi connectivity index (χ4n) is 8.70. The van der Waals surface area contributed by atoms with Crippen LogP contribution in [0.4, 0.5) is 26.3 Å². The molecular weight excluding hydrogens is 1380 g/mol. The molecule has 0 radical (unpaired) electrons. The SMILES string of the molecule is CC1(C)c2cccc(P(Cl)Cl)c2Oc2c(P(Cl)Cl)cccc21.CC1(C)c2cccc(P)c2Oc2c(P)cccc21.CC1(C)c2ccccc2Oc2ccccc21.Cc1cc(C(F)(F)F)nc(C(F)(F)F)c1.[Ar].[Ar].[Ar].[Ar].[Ar].[Br-].[H-].[Mg+2]. The maximum Gasteiger partial charge on any atom is 2.00 e. The van der Waals surface area contributed by atoms with Crippen molar-refractivity contribution >= 4 is 121 Å². The van der Waals surface area contributed by atoms with Gasteiger partial charge in [0.05, 0.1) is 0 Å². The molecular formula is C53H48Ar5BrCl4F6MgNO3P4. The molecule has 0 saturated carbocycles. The molecule has 422 valence electrons. The second kappa shape index (κ2) is 34.2. The predicted octanol–water partition coefficient (Wildman–Crippen LogP) is 14.3. The summed E-state index contributed by atoms with van der Waals surface area (Å²) in [7, 11) is 5.52. The van der Waals surface area contributed by atoms with Crippen LogP contribution in [0, 0.1) is 196 Å². The zero-order valence-corrected chi connectivity index (χ0v) is 55.7. The van der Waals surface area contributed by atoms with Gasteiger partial charge >= 0.3 is 35.4 Å². The molecule has 4 nitrogen and oxygen atoms in total. The second-order valence-corrected chi connectivity index (χ2v) is 26.5. The van der Waals surface area contributed by atoms with Crippen molar-refractivity contribution in [1.82, 2.24) is 4.98 Å². The van der Waals surface area contributed by atoms with Crippen molar-refractivity contribution in [1.29, 1.82) is 0 Å². The van der Waals surface area contributed by atoms with Gasteiger partial charge in [0.1, 0.15) is 59.1 Å². The third-order valence-electron chi connectivity index (χ3n) is 12.4. The van der Waals surface area contributed by atoms with Crippen molar-refractivity contribution < 1.29 is 248 Å². The number of aromatic nitrogens is 1. The average molecular weight is 1430 g/mol. The molecule has 1 aromatic heterocycles. The van der Waals surface area contributed by atoms with Gasteiger partial charge in [0.15, 0.2) is 0 Å². The Bertz CT molecular complexity index is 2970. The van der Waals surface area contributed by atoms with Crippen LogP contribution >= 0.6 is 76.7 Å². The molecule has 78 heavy (non-hydrogen) atoms. The topological polar surface area (TPSA) is 40.6 Å². The summed E-state index contributed by atoms with van der Waals surface area (Å²) in [6, 6.07) is 42.1. The van der Waals surface area contributed by atoms with Crippen LogP contribution in [0.15, 0.2) is 133 Å². The fraction of sp³-hybridized carbons (Fsp3) is 0.226. The van der Waals surface area contributed by atoms with Gasteiger partial charge in [0, 0.05) is 260 Å². The predicted molar refractivity (Wildman–Crippen MR) is 296 cm³/mol. The molecule has 7 aromatic rings. The normalized spacial score (nSPS) is 13.7. The van der Waals surface area contributed by atoms with E-state index in [0.29, 0.717) is 12.1 Å². The summed E-state index contributed by atoms with van der Waals surface area (Å²) < 4.78 is 90.9. The number of ether oxygens (including phenoxy) is 3. The Hall–Kier alpha value is 3.87. The zero-order chi connectivity index (χ0) is 52.0. The van der Waals surface area contributed by atoms with Crippen molar-refractivity contribution in [3.05, 3.63) is 184 Å². The summed E-state index contributed by atoms with van der Waals surface area (Å²) in [5.74, 6) is 5.38. The molecule has 3 aliphatic heterocycles. The third-order valence-corrected chi connectivity index (χ3v) is 17.0. The van der Waals surface area contributed by atoms with E-state index in [1.54, 1.807) is 0 Å². The van der Waals surface area contributed by atoms with E-state index in [1.165, 1.54) is 22.3 Å². The monoisotopic (exact) mass is 1430 g/mol. The number of aryl methyl sites for hydroxylation is 1. The van der Waals surface area contributed by atoms with E-state index in [4.69, 9.17) is 59.2 Å². The number of rotatable bonds is 2. The van der Waals surface area contributed by atoms with E-state index in [9.17, 15) is 26.3 Å². The summed E-state index contributed by atoms with van der Waals surface area (Å²) >= 11 is 24.7. The molecule has 0 amide bonds. The van der Waals surface area contributed by atoms with E-state index >= 15 is 0 Å². The number of hydrogen-bond donors (Lipinski definition) is 0. The van der Waals surface area contributed by atoms with Crippen molar-refractivity contribution in [2.45, 2.75) is 77.1 Å². The van der Waals surface area contributed by atoms with E-state index in [-0.39, 0.29) is 252 Å². The number of fused-ring (bicyclic) bond motifs is 6. The number of hydrogen-bond acceptors (Lipinski definition) is 4.